The quantitative estimate of drug-likeness (QED) is 0.817. The number of benzene rings is 2. The van der Waals surface area contributed by atoms with Crippen molar-refractivity contribution in [3.63, 3.8) is 0 Å². The van der Waals surface area contributed by atoms with E-state index in [4.69, 9.17) is 0 Å². The van der Waals surface area contributed by atoms with Gasteiger partial charge in [-0.2, -0.15) is 0 Å². The molecular weight excluding hydrogens is 364 g/mol. The molecule has 142 valence electrons. The highest BCUT2D eigenvalue weighted by molar-refractivity contribution is 7.92. The minimum atomic E-state index is -3.35. The fraction of sp³-hybridized carbons (Fsp3) is 0.300. The largest absolute Gasteiger partial charge is 0.322 e. The van der Waals surface area contributed by atoms with Crippen molar-refractivity contribution in [1.29, 1.82) is 0 Å². The van der Waals surface area contributed by atoms with Crippen molar-refractivity contribution >= 4 is 33.1 Å². The second kappa shape index (κ2) is 7.52. The van der Waals surface area contributed by atoms with Crippen LogP contribution in [0.15, 0.2) is 42.5 Å². The Hall–Kier alpha value is -2.67. The van der Waals surface area contributed by atoms with Crippen LogP contribution in [0.4, 0.5) is 11.4 Å². The summed E-state index contributed by atoms with van der Waals surface area (Å²) >= 11 is 0. The molecule has 27 heavy (non-hydrogen) atoms. The molecule has 3 rings (SSSR count). The molecule has 0 saturated carbocycles. The first-order chi connectivity index (χ1) is 12.8. The SMILES string of the molecule is CC(=O)c1cccc(NC(=O)c2ccc(C)c(N3CCCCS3(=O)=O)c2)c1. The molecule has 7 heteroatoms. The minimum Gasteiger partial charge on any atom is -0.322 e. The van der Waals surface area contributed by atoms with Crippen LogP contribution in [0.2, 0.25) is 0 Å². The van der Waals surface area contributed by atoms with Gasteiger partial charge in [0, 0.05) is 23.4 Å². The molecule has 0 unspecified atom stereocenters. The van der Waals surface area contributed by atoms with Gasteiger partial charge in [0.15, 0.2) is 5.78 Å². The van der Waals surface area contributed by atoms with Gasteiger partial charge in [-0.25, -0.2) is 8.42 Å². The number of anilines is 2. The molecule has 6 nitrogen and oxygen atoms in total. The van der Waals surface area contributed by atoms with E-state index < -0.39 is 10.0 Å². The molecule has 0 aromatic heterocycles. The Balaban J connectivity index is 1.88. The molecule has 1 saturated heterocycles. The molecule has 2 aromatic rings. The summed E-state index contributed by atoms with van der Waals surface area (Å²) in [7, 11) is -3.35. The summed E-state index contributed by atoms with van der Waals surface area (Å²) in [6.45, 7) is 3.72. The zero-order valence-electron chi connectivity index (χ0n) is 15.4. The second-order valence-corrected chi connectivity index (χ2v) is 8.70. The van der Waals surface area contributed by atoms with Gasteiger partial charge in [0.2, 0.25) is 10.0 Å². The average Bonchev–Trinajstić information content (AvgIpc) is 2.62. The normalized spacial score (nSPS) is 16.0. The first kappa shape index (κ1) is 19.1. The van der Waals surface area contributed by atoms with Crippen LogP contribution in [-0.4, -0.2) is 32.4 Å². The van der Waals surface area contributed by atoms with Crippen molar-refractivity contribution in [2.24, 2.45) is 0 Å². The van der Waals surface area contributed by atoms with E-state index in [0.29, 0.717) is 35.5 Å². The molecule has 1 aliphatic rings. The molecule has 1 heterocycles. The number of carbonyl (C=O) groups is 2. The molecule has 1 fully saturated rings. The Morgan fingerprint density at radius 1 is 1.04 bits per heavy atom. The fourth-order valence-electron chi connectivity index (χ4n) is 3.10. The number of hydrogen-bond acceptors (Lipinski definition) is 4. The number of rotatable bonds is 4. The summed E-state index contributed by atoms with van der Waals surface area (Å²) in [6.07, 6.45) is 1.46. The summed E-state index contributed by atoms with van der Waals surface area (Å²) in [5, 5.41) is 2.76. The highest BCUT2D eigenvalue weighted by atomic mass is 32.2. The maximum Gasteiger partial charge on any atom is 0.255 e. The Bertz CT molecular complexity index is 999. The summed E-state index contributed by atoms with van der Waals surface area (Å²) in [6, 6.07) is 11.7. The summed E-state index contributed by atoms with van der Waals surface area (Å²) in [4.78, 5) is 24.1. The third-order valence-corrected chi connectivity index (χ3v) is 6.47. The molecule has 2 aromatic carbocycles. The van der Waals surface area contributed by atoms with Gasteiger partial charge in [-0.15, -0.1) is 0 Å². The lowest BCUT2D eigenvalue weighted by atomic mass is 10.1. The van der Waals surface area contributed by atoms with Gasteiger partial charge in [-0.3, -0.25) is 13.9 Å². The van der Waals surface area contributed by atoms with Crippen molar-refractivity contribution in [2.45, 2.75) is 26.7 Å². The number of nitrogens with zero attached hydrogens (tertiary/aromatic N) is 1. The zero-order chi connectivity index (χ0) is 19.6. The molecule has 0 aliphatic carbocycles. The average molecular weight is 386 g/mol. The van der Waals surface area contributed by atoms with Crippen molar-refractivity contribution in [3.8, 4) is 0 Å². The third kappa shape index (κ3) is 4.19. The van der Waals surface area contributed by atoms with E-state index in [1.165, 1.54) is 11.2 Å². The number of carbonyl (C=O) groups excluding carboxylic acids is 2. The first-order valence-corrected chi connectivity index (χ1v) is 10.4. The molecule has 1 aliphatic heterocycles. The van der Waals surface area contributed by atoms with Crippen molar-refractivity contribution in [2.75, 3.05) is 21.9 Å². The van der Waals surface area contributed by atoms with E-state index >= 15 is 0 Å². The number of ketones is 1. The van der Waals surface area contributed by atoms with Crippen LogP contribution in [0.1, 0.15) is 46.0 Å². The van der Waals surface area contributed by atoms with E-state index in [2.05, 4.69) is 5.32 Å². The number of aryl methyl sites for hydroxylation is 1. The number of Topliss-reactive ketones (excluding diaryl/α,β-unsaturated/α-hetero) is 1. The lowest BCUT2D eigenvalue weighted by Gasteiger charge is -2.29. The van der Waals surface area contributed by atoms with Gasteiger partial charge in [0.05, 0.1) is 11.4 Å². The number of sulfonamides is 1. The lowest BCUT2D eigenvalue weighted by Crippen LogP contribution is -2.38. The van der Waals surface area contributed by atoms with Crippen LogP contribution >= 0.6 is 0 Å². The Labute approximate surface area is 159 Å². The number of nitrogens with one attached hydrogen (secondary N) is 1. The molecule has 0 bridgehead atoms. The first-order valence-electron chi connectivity index (χ1n) is 8.81. The smallest absolute Gasteiger partial charge is 0.255 e. The Kier molecular flexibility index (Phi) is 5.32. The molecule has 1 amide bonds. The second-order valence-electron chi connectivity index (χ2n) is 6.69. The molecule has 0 radical (unpaired) electrons. The van der Waals surface area contributed by atoms with Crippen molar-refractivity contribution in [3.05, 3.63) is 59.2 Å². The topological polar surface area (TPSA) is 83.6 Å². The maximum absolute atomic E-state index is 12.6. The molecule has 0 atom stereocenters. The number of hydrogen-bond donors (Lipinski definition) is 1. The Morgan fingerprint density at radius 2 is 1.81 bits per heavy atom. The van der Waals surface area contributed by atoms with E-state index in [9.17, 15) is 18.0 Å². The zero-order valence-corrected chi connectivity index (χ0v) is 16.2. The summed E-state index contributed by atoms with van der Waals surface area (Å²) < 4.78 is 26.2. The fourth-order valence-corrected chi connectivity index (χ4v) is 4.79. The van der Waals surface area contributed by atoms with Gasteiger partial charge >= 0.3 is 0 Å². The van der Waals surface area contributed by atoms with Crippen molar-refractivity contribution in [1.82, 2.24) is 0 Å². The summed E-state index contributed by atoms with van der Waals surface area (Å²) in [5.41, 5.74) is 2.73. The molecule has 1 N–H and O–H groups in total. The van der Waals surface area contributed by atoms with E-state index in [-0.39, 0.29) is 17.4 Å². The van der Waals surface area contributed by atoms with Crippen LogP contribution < -0.4 is 9.62 Å². The minimum absolute atomic E-state index is 0.0842. The van der Waals surface area contributed by atoms with Gasteiger partial charge < -0.3 is 5.32 Å². The van der Waals surface area contributed by atoms with Gasteiger partial charge in [-0.1, -0.05) is 18.2 Å². The van der Waals surface area contributed by atoms with E-state index in [1.807, 2.05) is 6.92 Å². The molecule has 0 spiro atoms. The Morgan fingerprint density at radius 3 is 2.52 bits per heavy atom. The molecular formula is C20H22N2O4S. The van der Waals surface area contributed by atoms with Crippen LogP contribution in [0.3, 0.4) is 0 Å². The van der Waals surface area contributed by atoms with E-state index in [1.54, 1.807) is 42.5 Å². The lowest BCUT2D eigenvalue weighted by molar-refractivity contribution is 0.101. The van der Waals surface area contributed by atoms with Crippen LogP contribution in [-0.2, 0) is 10.0 Å². The number of amides is 1. The van der Waals surface area contributed by atoms with Gasteiger partial charge in [0.25, 0.3) is 5.91 Å². The van der Waals surface area contributed by atoms with Gasteiger partial charge in [-0.05, 0) is 56.5 Å². The predicted molar refractivity (Wildman–Crippen MR) is 106 cm³/mol. The highest BCUT2D eigenvalue weighted by Crippen LogP contribution is 2.28. The van der Waals surface area contributed by atoms with Crippen LogP contribution in [0.5, 0.6) is 0 Å². The van der Waals surface area contributed by atoms with Crippen LogP contribution in [0.25, 0.3) is 0 Å². The summed E-state index contributed by atoms with van der Waals surface area (Å²) in [5.74, 6) is -0.314. The highest BCUT2D eigenvalue weighted by Gasteiger charge is 2.27. The van der Waals surface area contributed by atoms with Crippen LogP contribution in [0, 0.1) is 6.92 Å². The predicted octanol–water partition coefficient (Wildman–Crippen LogP) is 3.38. The monoisotopic (exact) mass is 386 g/mol. The van der Waals surface area contributed by atoms with Gasteiger partial charge in [0.1, 0.15) is 0 Å². The third-order valence-electron chi connectivity index (χ3n) is 4.62. The maximum atomic E-state index is 12.6. The van der Waals surface area contributed by atoms with Crippen molar-refractivity contribution < 1.29 is 18.0 Å². The van der Waals surface area contributed by atoms with E-state index in [0.717, 1.165) is 12.0 Å². The standard InChI is InChI=1S/C20H22N2O4S/c1-14-8-9-17(13-19(14)22-10-3-4-11-27(22,25)26)20(24)21-18-7-5-6-16(12-18)15(2)23/h5-9,12-13H,3-4,10-11H2,1-2H3,(H,21,24).